The Hall–Kier alpha value is -1.47. The molecule has 0 radical (unpaired) electrons. The van der Waals surface area contributed by atoms with Gasteiger partial charge in [-0.15, -0.1) is 23.5 Å². The molecule has 1 aromatic heterocycles. The first-order valence-electron chi connectivity index (χ1n) is 6.09. The summed E-state index contributed by atoms with van der Waals surface area (Å²) >= 11 is 3.14. The molecule has 5 nitrogen and oxygen atoms in total. The number of β-lactam (4-membered cyclic amide) rings is 1. The van der Waals surface area contributed by atoms with Crippen molar-refractivity contribution in [3.05, 3.63) is 36.3 Å². The molecule has 2 aliphatic rings. The van der Waals surface area contributed by atoms with Crippen molar-refractivity contribution in [2.75, 3.05) is 5.75 Å². The maximum atomic E-state index is 11.4. The molecule has 1 amide bonds. The van der Waals surface area contributed by atoms with Crippen molar-refractivity contribution in [1.29, 1.82) is 0 Å². The number of rotatable bonds is 4. The molecule has 1 unspecified atom stereocenters. The Morgan fingerprint density at radius 1 is 1.60 bits per heavy atom. The average molecular weight is 308 g/mol. The van der Waals surface area contributed by atoms with Crippen LogP contribution in [0.5, 0.6) is 0 Å². The van der Waals surface area contributed by atoms with Crippen LogP contribution in [0.2, 0.25) is 0 Å². The van der Waals surface area contributed by atoms with Crippen LogP contribution < -0.4 is 0 Å². The average Bonchev–Trinajstić information content (AvgIpc) is 2.44. The normalized spacial score (nSPS) is 24.7. The fraction of sp³-hybridized carbons (Fsp3) is 0.308. The number of fused-ring (bicyclic) bond motifs is 1. The molecule has 1 fully saturated rings. The van der Waals surface area contributed by atoms with Crippen LogP contribution in [-0.4, -0.2) is 43.2 Å². The van der Waals surface area contributed by atoms with Gasteiger partial charge in [0, 0.05) is 34.5 Å². The van der Waals surface area contributed by atoms with Gasteiger partial charge in [-0.1, -0.05) is 0 Å². The highest BCUT2D eigenvalue weighted by atomic mass is 32.2. The Bertz CT molecular complexity index is 576. The summed E-state index contributed by atoms with van der Waals surface area (Å²) in [5.41, 5.74) is 0.302. The van der Waals surface area contributed by atoms with Gasteiger partial charge in [-0.05, 0) is 12.1 Å². The molecular formula is C13H12N2O3S2. The summed E-state index contributed by atoms with van der Waals surface area (Å²) in [5.74, 6) is -0.292. The van der Waals surface area contributed by atoms with Crippen molar-refractivity contribution >= 4 is 35.4 Å². The van der Waals surface area contributed by atoms with Crippen LogP contribution >= 0.6 is 23.5 Å². The van der Waals surface area contributed by atoms with Crippen molar-refractivity contribution in [3.63, 3.8) is 0 Å². The van der Waals surface area contributed by atoms with Gasteiger partial charge in [0.2, 0.25) is 5.91 Å². The number of amides is 1. The number of carbonyl (C=O) groups is 2. The second-order valence-electron chi connectivity index (χ2n) is 4.47. The number of hydrogen-bond acceptors (Lipinski definition) is 5. The first kappa shape index (κ1) is 13.5. The standard InChI is InChI=1S/C13H12N2O3S2/c16-11-4-12-15(11)6-9(13(17)18)10(20-12)7-19-8-2-1-3-14-5-8/h1-3,5-6,10,12H,4,7H2,(H,17,18)/t10?,12-/m1/s1. The minimum atomic E-state index is -0.951. The summed E-state index contributed by atoms with van der Waals surface area (Å²) in [4.78, 5) is 29.3. The molecule has 1 N–H and O–H groups in total. The van der Waals surface area contributed by atoms with E-state index in [1.54, 1.807) is 35.9 Å². The molecule has 20 heavy (non-hydrogen) atoms. The third-order valence-corrected chi connectivity index (χ3v) is 5.92. The van der Waals surface area contributed by atoms with Gasteiger partial charge in [0.15, 0.2) is 0 Å². The lowest BCUT2D eigenvalue weighted by Crippen LogP contribution is -2.51. The largest absolute Gasteiger partial charge is 0.478 e. The minimum Gasteiger partial charge on any atom is -0.478 e. The number of pyridine rings is 1. The monoisotopic (exact) mass is 308 g/mol. The second-order valence-corrected chi connectivity index (χ2v) is 6.95. The highest BCUT2D eigenvalue weighted by Crippen LogP contribution is 2.41. The molecular weight excluding hydrogens is 296 g/mol. The summed E-state index contributed by atoms with van der Waals surface area (Å²) in [6.07, 6.45) is 5.48. The second kappa shape index (κ2) is 5.49. The lowest BCUT2D eigenvalue weighted by Gasteiger charge is -2.43. The molecule has 0 spiro atoms. The number of hydrogen-bond donors (Lipinski definition) is 1. The van der Waals surface area contributed by atoms with E-state index in [0.717, 1.165) is 4.90 Å². The van der Waals surface area contributed by atoms with Gasteiger partial charge in [0.1, 0.15) is 0 Å². The Kier molecular flexibility index (Phi) is 3.71. The summed E-state index contributed by atoms with van der Waals surface area (Å²) in [6.45, 7) is 0. The molecule has 0 saturated carbocycles. The first-order valence-corrected chi connectivity index (χ1v) is 8.02. The van der Waals surface area contributed by atoms with Gasteiger partial charge < -0.3 is 10.0 Å². The topological polar surface area (TPSA) is 70.5 Å². The molecule has 1 saturated heterocycles. The third-order valence-electron chi connectivity index (χ3n) is 3.18. The zero-order valence-corrected chi connectivity index (χ0v) is 12.1. The highest BCUT2D eigenvalue weighted by molar-refractivity contribution is 8.04. The maximum absolute atomic E-state index is 11.4. The van der Waals surface area contributed by atoms with Crippen LogP contribution in [0.3, 0.4) is 0 Å². The third kappa shape index (κ3) is 2.55. The van der Waals surface area contributed by atoms with Crippen LogP contribution in [0, 0.1) is 0 Å². The molecule has 0 bridgehead atoms. The Balaban J connectivity index is 1.71. The SMILES string of the molecule is O=C(O)C1=CN2C(=O)C[C@H]2SC1CSc1cccnc1. The van der Waals surface area contributed by atoms with Crippen LogP contribution in [0.15, 0.2) is 41.2 Å². The summed E-state index contributed by atoms with van der Waals surface area (Å²) < 4.78 is 0. The fourth-order valence-electron chi connectivity index (χ4n) is 2.09. The lowest BCUT2D eigenvalue weighted by molar-refractivity contribution is -0.138. The molecule has 3 heterocycles. The van der Waals surface area contributed by atoms with E-state index in [-0.39, 0.29) is 16.5 Å². The molecule has 7 heteroatoms. The highest BCUT2D eigenvalue weighted by Gasteiger charge is 2.43. The molecule has 1 aromatic rings. The smallest absolute Gasteiger partial charge is 0.334 e. The van der Waals surface area contributed by atoms with Gasteiger partial charge in [0.25, 0.3) is 0 Å². The first-order chi connectivity index (χ1) is 9.65. The van der Waals surface area contributed by atoms with Crippen LogP contribution in [0.4, 0.5) is 0 Å². The predicted molar refractivity (Wildman–Crippen MR) is 77.3 cm³/mol. The van der Waals surface area contributed by atoms with Gasteiger partial charge in [-0.2, -0.15) is 0 Å². The van der Waals surface area contributed by atoms with Gasteiger partial charge >= 0.3 is 5.97 Å². The molecule has 3 rings (SSSR count). The van der Waals surface area contributed by atoms with Gasteiger partial charge in [-0.3, -0.25) is 9.78 Å². The van der Waals surface area contributed by atoms with Crippen LogP contribution in [-0.2, 0) is 9.59 Å². The minimum absolute atomic E-state index is 0.000359. The molecule has 2 atom stereocenters. The Morgan fingerprint density at radius 3 is 3.10 bits per heavy atom. The zero-order valence-electron chi connectivity index (χ0n) is 10.4. The summed E-state index contributed by atoms with van der Waals surface area (Å²) in [6, 6.07) is 3.81. The quantitative estimate of drug-likeness (QED) is 0.676. The zero-order chi connectivity index (χ0) is 14.1. The molecule has 0 aliphatic carbocycles. The van der Waals surface area contributed by atoms with Crippen molar-refractivity contribution in [2.24, 2.45) is 0 Å². The summed E-state index contributed by atoms with van der Waals surface area (Å²) in [5, 5.41) is 9.28. The van der Waals surface area contributed by atoms with E-state index >= 15 is 0 Å². The number of aromatic nitrogens is 1. The van der Waals surface area contributed by atoms with Crippen molar-refractivity contribution in [1.82, 2.24) is 9.88 Å². The fourth-order valence-corrected chi connectivity index (χ4v) is 4.68. The Morgan fingerprint density at radius 2 is 2.45 bits per heavy atom. The molecule has 2 aliphatic heterocycles. The molecule has 104 valence electrons. The van der Waals surface area contributed by atoms with E-state index in [1.807, 2.05) is 12.1 Å². The van der Waals surface area contributed by atoms with Gasteiger partial charge in [0.05, 0.1) is 17.4 Å². The number of carboxylic acid groups (broad SMARTS) is 1. The van der Waals surface area contributed by atoms with E-state index in [9.17, 15) is 14.7 Å². The van der Waals surface area contributed by atoms with Crippen molar-refractivity contribution in [3.8, 4) is 0 Å². The predicted octanol–water partition coefficient (Wildman–Crippen LogP) is 1.82. The maximum Gasteiger partial charge on any atom is 0.334 e. The van der Waals surface area contributed by atoms with Gasteiger partial charge in [-0.25, -0.2) is 4.79 Å². The Labute approximate surface area is 124 Å². The van der Waals surface area contributed by atoms with E-state index < -0.39 is 5.97 Å². The number of nitrogens with zero attached hydrogens (tertiary/aromatic N) is 2. The number of carbonyl (C=O) groups excluding carboxylic acids is 1. The van der Waals surface area contributed by atoms with E-state index in [0.29, 0.717) is 17.7 Å². The van der Waals surface area contributed by atoms with Crippen molar-refractivity contribution in [2.45, 2.75) is 21.9 Å². The number of thioether (sulfide) groups is 2. The van der Waals surface area contributed by atoms with Crippen molar-refractivity contribution < 1.29 is 14.7 Å². The van der Waals surface area contributed by atoms with Crippen LogP contribution in [0.25, 0.3) is 0 Å². The van der Waals surface area contributed by atoms with E-state index in [4.69, 9.17) is 0 Å². The van der Waals surface area contributed by atoms with E-state index in [2.05, 4.69) is 4.98 Å². The summed E-state index contributed by atoms with van der Waals surface area (Å²) in [7, 11) is 0. The van der Waals surface area contributed by atoms with Crippen LogP contribution in [0.1, 0.15) is 6.42 Å². The van der Waals surface area contributed by atoms with E-state index in [1.165, 1.54) is 11.1 Å². The number of aliphatic carboxylic acids is 1. The lowest BCUT2D eigenvalue weighted by atomic mass is 10.1. The number of carboxylic acids is 1. The molecule has 0 aromatic carbocycles.